The quantitative estimate of drug-likeness (QED) is 0.874. The molecule has 1 aliphatic heterocycles. The van der Waals surface area contributed by atoms with Gasteiger partial charge >= 0.3 is 0 Å². The second kappa shape index (κ2) is 4.93. The third kappa shape index (κ3) is 2.86. The summed E-state index contributed by atoms with van der Waals surface area (Å²) in [6, 6.07) is 9.29. The van der Waals surface area contributed by atoms with Crippen LogP contribution in [0.15, 0.2) is 24.3 Å². The minimum absolute atomic E-state index is 0.0945. The molecule has 1 aromatic carbocycles. The van der Waals surface area contributed by atoms with E-state index in [1.807, 2.05) is 6.07 Å². The molecule has 100 valence electrons. The maximum Gasteiger partial charge on any atom is 0.124 e. The highest BCUT2D eigenvalue weighted by atomic mass is 16.5. The van der Waals surface area contributed by atoms with E-state index in [-0.39, 0.29) is 5.60 Å². The van der Waals surface area contributed by atoms with Gasteiger partial charge in [0.25, 0.3) is 0 Å². The summed E-state index contributed by atoms with van der Waals surface area (Å²) < 4.78 is 6.05. The molecule has 0 fully saturated rings. The molecular formula is C16H25NO. The van der Waals surface area contributed by atoms with Gasteiger partial charge in [-0.2, -0.15) is 0 Å². The van der Waals surface area contributed by atoms with Crippen molar-refractivity contribution in [3.63, 3.8) is 0 Å². The van der Waals surface area contributed by atoms with E-state index < -0.39 is 0 Å². The van der Waals surface area contributed by atoms with E-state index in [9.17, 15) is 0 Å². The molecule has 1 N–H and O–H groups in total. The van der Waals surface area contributed by atoms with Crippen LogP contribution in [0.4, 0.5) is 0 Å². The van der Waals surface area contributed by atoms with E-state index in [0.717, 1.165) is 12.2 Å². The molecule has 0 amide bonds. The van der Waals surface area contributed by atoms with Crippen molar-refractivity contribution in [3.05, 3.63) is 29.8 Å². The summed E-state index contributed by atoms with van der Waals surface area (Å²) in [5, 5.41) is 3.75. The topological polar surface area (TPSA) is 21.3 Å². The Morgan fingerprint density at radius 1 is 1.22 bits per heavy atom. The number of para-hydroxylation sites is 1. The first-order valence-electron chi connectivity index (χ1n) is 6.93. The number of hydrogen-bond donors (Lipinski definition) is 1. The van der Waals surface area contributed by atoms with Gasteiger partial charge in [0.2, 0.25) is 0 Å². The molecule has 0 saturated carbocycles. The average molecular weight is 247 g/mol. The molecule has 1 heterocycles. The van der Waals surface area contributed by atoms with E-state index in [0.29, 0.717) is 18.0 Å². The lowest BCUT2D eigenvalue weighted by atomic mass is 9.88. The first-order chi connectivity index (χ1) is 8.39. The number of nitrogens with one attached hydrogen (secondary N) is 1. The van der Waals surface area contributed by atoms with E-state index >= 15 is 0 Å². The SMILES string of the molecule is CC(C)C(C)NC1CC(C)(C)Oc2ccccc21. The lowest BCUT2D eigenvalue weighted by molar-refractivity contribution is 0.0627. The van der Waals surface area contributed by atoms with Crippen molar-refractivity contribution in [2.75, 3.05) is 0 Å². The summed E-state index contributed by atoms with van der Waals surface area (Å²) in [6.07, 6.45) is 1.01. The third-order valence-electron chi connectivity index (χ3n) is 3.84. The normalized spacial score (nSPS) is 23.3. The summed E-state index contributed by atoms with van der Waals surface area (Å²) in [7, 11) is 0. The van der Waals surface area contributed by atoms with Crippen LogP contribution < -0.4 is 10.1 Å². The van der Waals surface area contributed by atoms with Gasteiger partial charge in [-0.05, 0) is 32.8 Å². The van der Waals surface area contributed by atoms with Gasteiger partial charge in [0.05, 0.1) is 0 Å². The number of fused-ring (bicyclic) bond motifs is 1. The summed E-state index contributed by atoms with van der Waals surface area (Å²) in [5.74, 6) is 1.67. The second-order valence-corrected chi connectivity index (χ2v) is 6.36. The molecule has 0 aromatic heterocycles. The Morgan fingerprint density at radius 3 is 2.56 bits per heavy atom. The fourth-order valence-corrected chi connectivity index (χ4v) is 2.46. The number of rotatable bonds is 3. The average Bonchev–Trinajstić information content (AvgIpc) is 2.27. The predicted molar refractivity (Wildman–Crippen MR) is 75.9 cm³/mol. The molecule has 0 spiro atoms. The zero-order valence-electron chi connectivity index (χ0n) is 12.2. The van der Waals surface area contributed by atoms with Gasteiger partial charge in [-0.1, -0.05) is 32.0 Å². The summed E-state index contributed by atoms with van der Waals surface area (Å²) in [4.78, 5) is 0. The van der Waals surface area contributed by atoms with E-state index in [4.69, 9.17) is 4.74 Å². The molecule has 18 heavy (non-hydrogen) atoms. The molecule has 0 radical (unpaired) electrons. The summed E-state index contributed by atoms with van der Waals surface area (Å²) in [5.41, 5.74) is 1.20. The molecule has 1 aliphatic rings. The van der Waals surface area contributed by atoms with Gasteiger partial charge in [0.1, 0.15) is 11.4 Å². The molecule has 1 aromatic rings. The van der Waals surface area contributed by atoms with Crippen LogP contribution in [0.3, 0.4) is 0 Å². The molecular weight excluding hydrogens is 222 g/mol. The lowest BCUT2D eigenvalue weighted by Gasteiger charge is -2.39. The van der Waals surface area contributed by atoms with E-state index in [1.54, 1.807) is 0 Å². The largest absolute Gasteiger partial charge is 0.487 e. The zero-order chi connectivity index (χ0) is 13.3. The van der Waals surface area contributed by atoms with Gasteiger partial charge in [-0.15, -0.1) is 0 Å². The van der Waals surface area contributed by atoms with Gasteiger partial charge < -0.3 is 10.1 Å². The Balaban J connectivity index is 2.24. The molecule has 2 heteroatoms. The van der Waals surface area contributed by atoms with Crippen molar-refractivity contribution < 1.29 is 4.74 Å². The van der Waals surface area contributed by atoms with Crippen LogP contribution in [0, 0.1) is 5.92 Å². The maximum absolute atomic E-state index is 6.05. The first-order valence-corrected chi connectivity index (χ1v) is 6.93. The van der Waals surface area contributed by atoms with Crippen LogP contribution in [0.25, 0.3) is 0 Å². The smallest absolute Gasteiger partial charge is 0.124 e. The minimum Gasteiger partial charge on any atom is -0.487 e. The highest BCUT2D eigenvalue weighted by Crippen LogP contribution is 2.39. The Morgan fingerprint density at radius 2 is 1.89 bits per heavy atom. The lowest BCUT2D eigenvalue weighted by Crippen LogP contribution is -2.43. The predicted octanol–water partition coefficient (Wildman–Crippen LogP) is 3.92. The molecule has 2 nitrogen and oxygen atoms in total. The molecule has 0 aliphatic carbocycles. The molecule has 2 rings (SSSR count). The highest BCUT2D eigenvalue weighted by molar-refractivity contribution is 5.38. The standard InChI is InChI=1S/C16H25NO/c1-11(2)12(3)17-14-10-16(4,5)18-15-9-7-6-8-13(14)15/h6-9,11-12,14,17H,10H2,1-5H3. The van der Waals surface area contributed by atoms with Crippen molar-refractivity contribution in [2.45, 2.75) is 58.7 Å². The number of benzene rings is 1. The van der Waals surface area contributed by atoms with Gasteiger partial charge in [-0.3, -0.25) is 0 Å². The van der Waals surface area contributed by atoms with Crippen LogP contribution in [-0.4, -0.2) is 11.6 Å². The maximum atomic E-state index is 6.05. The van der Waals surface area contributed by atoms with Crippen LogP contribution in [0.2, 0.25) is 0 Å². The molecule has 2 atom stereocenters. The van der Waals surface area contributed by atoms with Gasteiger partial charge in [-0.25, -0.2) is 0 Å². The Hall–Kier alpha value is -1.02. The highest BCUT2D eigenvalue weighted by Gasteiger charge is 2.34. The number of hydrogen-bond acceptors (Lipinski definition) is 2. The Bertz CT molecular complexity index is 411. The summed E-state index contributed by atoms with van der Waals surface area (Å²) in [6.45, 7) is 11.1. The second-order valence-electron chi connectivity index (χ2n) is 6.36. The van der Waals surface area contributed by atoms with Crippen molar-refractivity contribution in [3.8, 4) is 5.75 Å². The number of ether oxygens (including phenoxy) is 1. The van der Waals surface area contributed by atoms with Gasteiger partial charge in [0, 0.05) is 24.1 Å². The third-order valence-corrected chi connectivity index (χ3v) is 3.84. The van der Waals surface area contributed by atoms with Crippen molar-refractivity contribution in [1.29, 1.82) is 0 Å². The fraction of sp³-hybridized carbons (Fsp3) is 0.625. The van der Waals surface area contributed by atoms with Crippen LogP contribution in [0.1, 0.15) is 52.6 Å². The summed E-state index contributed by atoms with van der Waals surface area (Å²) >= 11 is 0. The minimum atomic E-state index is -0.0945. The monoisotopic (exact) mass is 247 g/mol. The zero-order valence-corrected chi connectivity index (χ0v) is 12.2. The fourth-order valence-electron chi connectivity index (χ4n) is 2.46. The van der Waals surface area contributed by atoms with Gasteiger partial charge in [0.15, 0.2) is 0 Å². The van der Waals surface area contributed by atoms with Crippen molar-refractivity contribution in [2.24, 2.45) is 5.92 Å². The molecule has 0 saturated heterocycles. The Kier molecular flexibility index (Phi) is 3.67. The van der Waals surface area contributed by atoms with E-state index in [2.05, 4.69) is 58.1 Å². The Labute approximate surface area is 111 Å². The van der Waals surface area contributed by atoms with Crippen LogP contribution in [0.5, 0.6) is 5.75 Å². The first kappa shape index (κ1) is 13.4. The van der Waals surface area contributed by atoms with Crippen molar-refractivity contribution >= 4 is 0 Å². The van der Waals surface area contributed by atoms with Crippen LogP contribution >= 0.6 is 0 Å². The van der Waals surface area contributed by atoms with Crippen molar-refractivity contribution in [1.82, 2.24) is 5.32 Å². The van der Waals surface area contributed by atoms with E-state index in [1.165, 1.54) is 5.56 Å². The van der Waals surface area contributed by atoms with Crippen LogP contribution in [-0.2, 0) is 0 Å². The molecule has 2 unspecified atom stereocenters. The molecule has 0 bridgehead atoms.